The number of hydrogen-bond acceptors (Lipinski definition) is 5. The third kappa shape index (κ3) is 3.65. The SMILES string of the molecule is c1nc2n(n1)CCCC2NCC1(CN2CCOCC2)CCCCC1. The van der Waals surface area contributed by atoms with Gasteiger partial charge in [0.25, 0.3) is 0 Å². The molecule has 0 amide bonds. The van der Waals surface area contributed by atoms with Crippen LogP contribution in [0.2, 0.25) is 0 Å². The van der Waals surface area contributed by atoms with Crippen molar-refractivity contribution in [1.82, 2.24) is 25.0 Å². The Kier molecular flexibility index (Phi) is 5.15. The van der Waals surface area contributed by atoms with Crippen molar-refractivity contribution >= 4 is 0 Å². The Morgan fingerprint density at radius 3 is 2.79 bits per heavy atom. The molecule has 4 rings (SSSR count). The zero-order valence-electron chi connectivity index (χ0n) is 14.8. The van der Waals surface area contributed by atoms with Crippen LogP contribution in [0.5, 0.6) is 0 Å². The Morgan fingerprint density at radius 1 is 1.12 bits per heavy atom. The summed E-state index contributed by atoms with van der Waals surface area (Å²) in [5, 5.41) is 8.24. The molecule has 1 saturated carbocycles. The molecule has 1 saturated heterocycles. The summed E-state index contributed by atoms with van der Waals surface area (Å²) in [6.07, 6.45) is 11.0. The molecule has 1 atom stereocenters. The van der Waals surface area contributed by atoms with Crippen molar-refractivity contribution in [3.8, 4) is 0 Å². The average Bonchev–Trinajstić information content (AvgIpc) is 3.11. The van der Waals surface area contributed by atoms with Crippen LogP contribution in [-0.2, 0) is 11.3 Å². The number of aryl methyl sites for hydroxylation is 1. The van der Waals surface area contributed by atoms with Crippen LogP contribution in [0.3, 0.4) is 0 Å². The molecule has 134 valence electrons. The summed E-state index contributed by atoms with van der Waals surface area (Å²) in [7, 11) is 0. The van der Waals surface area contributed by atoms with Crippen molar-refractivity contribution in [2.45, 2.75) is 57.5 Å². The van der Waals surface area contributed by atoms with E-state index in [0.29, 0.717) is 11.5 Å². The van der Waals surface area contributed by atoms with Crippen molar-refractivity contribution in [2.75, 3.05) is 39.4 Å². The minimum Gasteiger partial charge on any atom is -0.379 e. The molecular weight excluding hydrogens is 302 g/mol. The lowest BCUT2D eigenvalue weighted by atomic mass is 9.73. The molecule has 6 nitrogen and oxygen atoms in total. The fraction of sp³-hybridized carbons (Fsp3) is 0.889. The van der Waals surface area contributed by atoms with Crippen LogP contribution in [0, 0.1) is 5.41 Å². The largest absolute Gasteiger partial charge is 0.379 e. The molecule has 0 spiro atoms. The van der Waals surface area contributed by atoms with Gasteiger partial charge in [-0.1, -0.05) is 19.3 Å². The lowest BCUT2D eigenvalue weighted by Crippen LogP contribution is -2.49. The molecule has 1 unspecified atom stereocenters. The third-order valence-electron chi connectivity index (χ3n) is 6.12. The summed E-state index contributed by atoms with van der Waals surface area (Å²) in [5.41, 5.74) is 0.428. The smallest absolute Gasteiger partial charge is 0.143 e. The van der Waals surface area contributed by atoms with Crippen molar-refractivity contribution in [1.29, 1.82) is 0 Å². The summed E-state index contributed by atoms with van der Waals surface area (Å²) < 4.78 is 7.61. The Bertz CT molecular complexity index is 519. The molecule has 1 aromatic rings. The second-order valence-corrected chi connectivity index (χ2v) is 7.87. The summed E-state index contributed by atoms with van der Waals surface area (Å²) in [4.78, 5) is 7.13. The fourth-order valence-corrected chi connectivity index (χ4v) is 4.75. The van der Waals surface area contributed by atoms with Crippen molar-refractivity contribution in [3.63, 3.8) is 0 Å². The van der Waals surface area contributed by atoms with Gasteiger partial charge in [0, 0.05) is 32.7 Å². The first-order valence-corrected chi connectivity index (χ1v) is 9.76. The second-order valence-electron chi connectivity index (χ2n) is 7.87. The van der Waals surface area contributed by atoms with Crippen LogP contribution in [-0.4, -0.2) is 59.1 Å². The molecule has 0 bridgehead atoms. The normalized spacial score (nSPS) is 27.8. The highest BCUT2D eigenvalue weighted by molar-refractivity contribution is 4.99. The quantitative estimate of drug-likeness (QED) is 0.893. The van der Waals surface area contributed by atoms with Gasteiger partial charge in [0.1, 0.15) is 12.2 Å². The first-order chi connectivity index (χ1) is 11.8. The van der Waals surface area contributed by atoms with E-state index in [1.807, 2.05) is 0 Å². The standard InChI is InChI=1S/C18H31N5O/c1-2-6-18(7-3-1,14-22-9-11-24-12-10-22)13-19-16-5-4-8-23-17(16)20-15-21-23/h15-16,19H,1-14H2. The van der Waals surface area contributed by atoms with Crippen LogP contribution >= 0.6 is 0 Å². The summed E-state index contributed by atoms with van der Waals surface area (Å²) in [6.45, 7) is 7.35. The Labute approximate surface area is 145 Å². The van der Waals surface area contributed by atoms with Crippen molar-refractivity contribution in [3.05, 3.63) is 12.2 Å². The highest BCUT2D eigenvalue weighted by atomic mass is 16.5. The van der Waals surface area contributed by atoms with E-state index in [1.54, 1.807) is 6.33 Å². The monoisotopic (exact) mass is 333 g/mol. The molecule has 1 aromatic heterocycles. The zero-order chi connectivity index (χ0) is 16.2. The van der Waals surface area contributed by atoms with Crippen LogP contribution in [0.4, 0.5) is 0 Å². The van der Waals surface area contributed by atoms with Gasteiger partial charge in [0.2, 0.25) is 0 Å². The van der Waals surface area contributed by atoms with E-state index in [0.717, 1.165) is 45.2 Å². The minimum absolute atomic E-state index is 0.379. The number of nitrogens with one attached hydrogen (secondary N) is 1. The first-order valence-electron chi connectivity index (χ1n) is 9.76. The first kappa shape index (κ1) is 16.5. The van der Waals surface area contributed by atoms with Gasteiger partial charge in [-0.05, 0) is 31.1 Å². The molecule has 24 heavy (non-hydrogen) atoms. The Balaban J connectivity index is 1.41. The lowest BCUT2D eigenvalue weighted by Gasteiger charge is -2.43. The molecule has 3 aliphatic rings. The van der Waals surface area contributed by atoms with E-state index >= 15 is 0 Å². The Hall–Kier alpha value is -0.980. The number of aromatic nitrogens is 3. The van der Waals surface area contributed by atoms with E-state index in [-0.39, 0.29) is 0 Å². The van der Waals surface area contributed by atoms with Gasteiger partial charge in [-0.25, -0.2) is 9.67 Å². The molecule has 2 aliphatic heterocycles. The number of fused-ring (bicyclic) bond motifs is 1. The van der Waals surface area contributed by atoms with Crippen LogP contribution in [0.1, 0.15) is 56.8 Å². The molecule has 1 aliphatic carbocycles. The van der Waals surface area contributed by atoms with Gasteiger partial charge in [0.05, 0.1) is 19.3 Å². The molecular formula is C18H31N5O. The predicted molar refractivity (Wildman–Crippen MR) is 92.8 cm³/mol. The topological polar surface area (TPSA) is 55.2 Å². The maximum atomic E-state index is 5.53. The van der Waals surface area contributed by atoms with E-state index < -0.39 is 0 Å². The van der Waals surface area contributed by atoms with Gasteiger partial charge in [-0.2, -0.15) is 5.10 Å². The minimum atomic E-state index is 0.379. The second kappa shape index (κ2) is 7.50. The van der Waals surface area contributed by atoms with E-state index in [1.165, 1.54) is 51.5 Å². The van der Waals surface area contributed by atoms with Gasteiger partial charge < -0.3 is 10.1 Å². The van der Waals surface area contributed by atoms with Crippen molar-refractivity contribution in [2.24, 2.45) is 5.41 Å². The molecule has 2 fully saturated rings. The van der Waals surface area contributed by atoms with Crippen LogP contribution < -0.4 is 5.32 Å². The predicted octanol–water partition coefficient (Wildman–Crippen LogP) is 1.99. The number of ether oxygens (including phenoxy) is 1. The maximum Gasteiger partial charge on any atom is 0.143 e. The summed E-state index contributed by atoms with van der Waals surface area (Å²) in [6, 6.07) is 0.379. The average molecular weight is 333 g/mol. The van der Waals surface area contributed by atoms with Gasteiger partial charge in [-0.15, -0.1) is 0 Å². The molecule has 3 heterocycles. The van der Waals surface area contributed by atoms with Gasteiger partial charge >= 0.3 is 0 Å². The highest BCUT2D eigenvalue weighted by Crippen LogP contribution is 2.37. The molecule has 0 radical (unpaired) electrons. The molecule has 0 aromatic carbocycles. The maximum absolute atomic E-state index is 5.53. The molecule has 1 N–H and O–H groups in total. The van der Waals surface area contributed by atoms with E-state index in [4.69, 9.17) is 4.74 Å². The number of hydrogen-bond donors (Lipinski definition) is 1. The number of rotatable bonds is 5. The van der Waals surface area contributed by atoms with Gasteiger partial charge in [-0.3, -0.25) is 4.90 Å². The summed E-state index contributed by atoms with van der Waals surface area (Å²) >= 11 is 0. The van der Waals surface area contributed by atoms with Crippen LogP contribution in [0.15, 0.2) is 6.33 Å². The zero-order valence-corrected chi connectivity index (χ0v) is 14.8. The Morgan fingerprint density at radius 2 is 1.96 bits per heavy atom. The van der Waals surface area contributed by atoms with E-state index in [2.05, 4.69) is 25.0 Å². The van der Waals surface area contributed by atoms with Crippen molar-refractivity contribution < 1.29 is 4.74 Å². The summed E-state index contributed by atoms with van der Waals surface area (Å²) in [5.74, 6) is 1.14. The van der Waals surface area contributed by atoms with Crippen LogP contribution in [0.25, 0.3) is 0 Å². The molecule has 6 heteroatoms. The highest BCUT2D eigenvalue weighted by Gasteiger charge is 2.35. The van der Waals surface area contributed by atoms with Gasteiger partial charge in [0.15, 0.2) is 0 Å². The van der Waals surface area contributed by atoms with E-state index in [9.17, 15) is 0 Å². The lowest BCUT2D eigenvalue weighted by molar-refractivity contribution is 0.00625. The number of morpholine rings is 1. The third-order valence-corrected chi connectivity index (χ3v) is 6.12. The fourth-order valence-electron chi connectivity index (χ4n) is 4.75. The number of nitrogens with zero attached hydrogens (tertiary/aromatic N) is 4.